The quantitative estimate of drug-likeness (QED) is 0.724. The van der Waals surface area contributed by atoms with Crippen LogP contribution in [0.3, 0.4) is 0 Å². The number of rotatable bonds is 4. The largest absolute Gasteiger partial charge is 0.415 e. The number of hydrogen-bond acceptors (Lipinski definition) is 3. The number of amides is 1. The van der Waals surface area contributed by atoms with E-state index in [0.717, 1.165) is 43.6 Å². The van der Waals surface area contributed by atoms with Crippen molar-refractivity contribution in [3.8, 4) is 5.75 Å². The summed E-state index contributed by atoms with van der Waals surface area (Å²) in [5.74, 6) is 3.24. The first-order valence-electron chi connectivity index (χ1n) is 11.7. The lowest BCUT2D eigenvalue weighted by Gasteiger charge is -2.47. The molecule has 2 aliphatic carbocycles. The number of carbonyl (C=O) groups excluding carboxylic acids is 1. The molecule has 1 saturated heterocycles. The molecule has 1 amide bonds. The maximum absolute atomic E-state index is 12.7. The summed E-state index contributed by atoms with van der Waals surface area (Å²) in [5.41, 5.74) is 1.63. The fourth-order valence-corrected chi connectivity index (χ4v) is 6.60. The summed E-state index contributed by atoms with van der Waals surface area (Å²) in [6.07, 6.45) is 10.2. The second-order valence-corrected chi connectivity index (χ2v) is 10.3. The van der Waals surface area contributed by atoms with Crippen LogP contribution in [-0.4, -0.2) is 35.3 Å². The average molecular weight is 400 g/mol. The summed E-state index contributed by atoms with van der Waals surface area (Å²) in [4.78, 5) is 14.5. The number of benzene rings is 1. The first-order chi connectivity index (χ1) is 14.0. The Kier molecular flexibility index (Phi) is 6.19. The van der Waals surface area contributed by atoms with Crippen LogP contribution in [0, 0.1) is 17.8 Å². The molecule has 1 heterocycles. The number of ether oxygens (including phenoxy) is 1. The molecule has 3 atom stereocenters. The Labute approximate surface area is 175 Å². The molecular weight excluding hydrogens is 362 g/mol. The average Bonchev–Trinajstić information content (AvgIpc) is 2.68. The van der Waals surface area contributed by atoms with Crippen LogP contribution in [0.15, 0.2) is 24.3 Å². The molecule has 0 aromatic heterocycles. The van der Waals surface area contributed by atoms with Crippen molar-refractivity contribution in [1.29, 1.82) is 0 Å². The molecule has 4 nitrogen and oxygen atoms in total. The first kappa shape index (κ1) is 20.7. The Bertz CT molecular complexity index is 681. The number of piperidine rings is 1. The zero-order valence-electron chi connectivity index (χ0n) is 18.1. The molecule has 2 saturated carbocycles. The van der Waals surface area contributed by atoms with Crippen LogP contribution in [0.1, 0.15) is 77.2 Å². The maximum Gasteiger partial charge on any atom is 0.415 e. The smallest absolute Gasteiger partial charge is 0.410 e. The lowest BCUT2D eigenvalue weighted by atomic mass is 9.58. The Morgan fingerprint density at radius 3 is 2.48 bits per heavy atom. The molecule has 1 N–H and O–H groups in total. The van der Waals surface area contributed by atoms with Crippen molar-refractivity contribution in [2.75, 3.05) is 13.2 Å². The molecule has 0 spiro atoms. The fraction of sp³-hybridized carbons (Fsp3) is 0.720. The Morgan fingerprint density at radius 2 is 1.83 bits per heavy atom. The topological polar surface area (TPSA) is 49.8 Å². The fourth-order valence-electron chi connectivity index (χ4n) is 6.60. The molecule has 3 unspecified atom stereocenters. The highest BCUT2D eigenvalue weighted by atomic mass is 16.6. The van der Waals surface area contributed by atoms with Crippen molar-refractivity contribution in [2.24, 2.45) is 17.8 Å². The van der Waals surface area contributed by atoms with Gasteiger partial charge in [0.15, 0.2) is 0 Å². The van der Waals surface area contributed by atoms with Gasteiger partial charge >= 0.3 is 6.09 Å². The second kappa shape index (κ2) is 8.67. The number of nitrogens with zero attached hydrogens (tertiary/aromatic N) is 1. The van der Waals surface area contributed by atoms with E-state index in [1.165, 1.54) is 37.7 Å². The zero-order valence-corrected chi connectivity index (χ0v) is 18.1. The van der Waals surface area contributed by atoms with Crippen LogP contribution in [0.2, 0.25) is 0 Å². The summed E-state index contributed by atoms with van der Waals surface area (Å²) >= 11 is 0. The van der Waals surface area contributed by atoms with Gasteiger partial charge in [-0.25, -0.2) is 4.79 Å². The van der Waals surface area contributed by atoms with Crippen molar-refractivity contribution in [2.45, 2.75) is 83.1 Å². The Morgan fingerprint density at radius 1 is 1.14 bits per heavy atom. The van der Waals surface area contributed by atoms with Crippen molar-refractivity contribution >= 4 is 6.09 Å². The third-order valence-electron chi connectivity index (χ3n) is 7.70. The van der Waals surface area contributed by atoms with E-state index < -0.39 is 0 Å². The molecule has 29 heavy (non-hydrogen) atoms. The van der Waals surface area contributed by atoms with Crippen LogP contribution in [-0.2, 0) is 5.41 Å². The van der Waals surface area contributed by atoms with Gasteiger partial charge in [0.05, 0.1) is 0 Å². The third-order valence-corrected chi connectivity index (χ3v) is 7.70. The van der Waals surface area contributed by atoms with Crippen molar-refractivity contribution in [3.63, 3.8) is 0 Å². The van der Waals surface area contributed by atoms with Crippen LogP contribution in [0.4, 0.5) is 4.79 Å². The summed E-state index contributed by atoms with van der Waals surface area (Å²) in [6.45, 7) is 5.68. The van der Waals surface area contributed by atoms with Gasteiger partial charge in [0, 0.05) is 19.2 Å². The van der Waals surface area contributed by atoms with Gasteiger partial charge in [-0.05, 0) is 98.7 Å². The van der Waals surface area contributed by atoms with Crippen molar-refractivity contribution in [3.05, 3.63) is 29.8 Å². The van der Waals surface area contributed by atoms with Crippen molar-refractivity contribution < 1.29 is 14.6 Å². The van der Waals surface area contributed by atoms with E-state index in [4.69, 9.17) is 4.74 Å². The molecule has 0 radical (unpaired) electrons. The maximum atomic E-state index is 12.7. The zero-order chi connectivity index (χ0) is 20.4. The van der Waals surface area contributed by atoms with Gasteiger partial charge in [0.25, 0.3) is 0 Å². The number of fused-ring (bicyclic) bond motifs is 2. The highest BCUT2D eigenvalue weighted by Gasteiger charge is 2.41. The van der Waals surface area contributed by atoms with E-state index in [1.54, 1.807) is 4.90 Å². The number of likely N-dealkylation sites (tertiary alicyclic amines) is 1. The molecule has 4 heteroatoms. The number of hydrogen-bond donors (Lipinski definition) is 1. The monoisotopic (exact) mass is 399 g/mol. The lowest BCUT2D eigenvalue weighted by Crippen LogP contribution is -2.45. The first-order valence-corrected chi connectivity index (χ1v) is 11.7. The van der Waals surface area contributed by atoms with Gasteiger partial charge in [0.1, 0.15) is 5.75 Å². The number of aliphatic hydroxyl groups excluding tert-OH is 1. The minimum absolute atomic E-state index is 0.100. The summed E-state index contributed by atoms with van der Waals surface area (Å²) in [6, 6.07) is 8.39. The SMILES string of the molecule is CC1CC2CC(C1)CC(C)(c1ccc(OC(=O)N3CCCCC3CCO)cc1)C2. The Balaban J connectivity index is 1.41. The van der Waals surface area contributed by atoms with Gasteiger partial charge in [-0.2, -0.15) is 0 Å². The molecule has 1 aliphatic heterocycles. The molecule has 2 bridgehead atoms. The predicted octanol–water partition coefficient (Wildman–Crippen LogP) is 5.53. The highest BCUT2D eigenvalue weighted by molar-refractivity contribution is 5.71. The van der Waals surface area contributed by atoms with Gasteiger partial charge in [-0.15, -0.1) is 0 Å². The standard InChI is InChI=1S/C25H37NO3/c1-18-13-19-15-20(14-18)17-25(2,16-19)21-6-8-23(9-7-21)29-24(28)26-11-4-3-5-22(26)10-12-27/h6-9,18-20,22,27H,3-5,10-17H2,1-2H3. The molecule has 4 rings (SSSR count). The van der Waals surface area contributed by atoms with Gasteiger partial charge in [-0.1, -0.05) is 26.0 Å². The van der Waals surface area contributed by atoms with E-state index in [-0.39, 0.29) is 24.2 Å². The van der Waals surface area contributed by atoms with Gasteiger partial charge in [-0.3, -0.25) is 0 Å². The number of carbonyl (C=O) groups is 1. The van der Waals surface area contributed by atoms with Crippen LogP contribution >= 0.6 is 0 Å². The third kappa shape index (κ3) is 4.63. The summed E-state index contributed by atoms with van der Waals surface area (Å²) in [7, 11) is 0. The number of aliphatic hydroxyl groups is 1. The van der Waals surface area contributed by atoms with E-state index in [9.17, 15) is 9.90 Å². The van der Waals surface area contributed by atoms with Crippen LogP contribution in [0.25, 0.3) is 0 Å². The molecule has 3 aliphatic rings. The van der Waals surface area contributed by atoms with Gasteiger partial charge in [0.2, 0.25) is 0 Å². The van der Waals surface area contributed by atoms with Crippen LogP contribution in [0.5, 0.6) is 5.75 Å². The minimum Gasteiger partial charge on any atom is -0.410 e. The normalized spacial score (nSPS) is 34.7. The molecule has 1 aromatic rings. The highest BCUT2D eigenvalue weighted by Crippen LogP contribution is 2.51. The van der Waals surface area contributed by atoms with Crippen LogP contribution < -0.4 is 4.74 Å². The predicted molar refractivity (Wildman–Crippen MR) is 115 cm³/mol. The Hall–Kier alpha value is -1.55. The van der Waals surface area contributed by atoms with E-state index in [1.807, 2.05) is 12.1 Å². The minimum atomic E-state index is -0.275. The molecule has 160 valence electrons. The summed E-state index contributed by atoms with van der Waals surface area (Å²) < 4.78 is 5.70. The molecular formula is C25H37NO3. The molecule has 3 fully saturated rings. The van der Waals surface area contributed by atoms with E-state index in [0.29, 0.717) is 12.2 Å². The lowest BCUT2D eigenvalue weighted by molar-refractivity contribution is 0.0898. The second-order valence-electron chi connectivity index (χ2n) is 10.3. The molecule has 1 aromatic carbocycles. The van der Waals surface area contributed by atoms with E-state index >= 15 is 0 Å². The summed E-state index contributed by atoms with van der Waals surface area (Å²) in [5, 5.41) is 9.28. The van der Waals surface area contributed by atoms with E-state index in [2.05, 4.69) is 26.0 Å². The van der Waals surface area contributed by atoms with Crippen molar-refractivity contribution in [1.82, 2.24) is 4.90 Å². The van der Waals surface area contributed by atoms with Gasteiger partial charge < -0.3 is 14.7 Å².